The summed E-state index contributed by atoms with van der Waals surface area (Å²) < 4.78 is 0. The number of H-pyrrole nitrogens is 1. The van der Waals surface area contributed by atoms with E-state index in [0.717, 1.165) is 0 Å². The van der Waals surface area contributed by atoms with Gasteiger partial charge in [0.1, 0.15) is 0 Å². The zero-order chi connectivity index (χ0) is 7.66. The summed E-state index contributed by atoms with van der Waals surface area (Å²) in [7, 11) is 0. The molecule has 1 aromatic heterocycles. The maximum Gasteiger partial charge on any atom is 0.222 e. The highest BCUT2D eigenvalue weighted by Gasteiger charge is 1.68. The number of nitrogens with one attached hydrogen (secondary N) is 1. The average Bonchev–Trinajstić information content (AvgIpc) is 2.44. The number of aromatic nitrogens is 1. The zero-order valence-corrected chi connectivity index (χ0v) is 5.80. The van der Waals surface area contributed by atoms with Gasteiger partial charge in [-0.15, -0.1) is 6.01 Å². The summed E-state index contributed by atoms with van der Waals surface area (Å²) in [6, 6.07) is 1.28. The molecular weight excluding hydrogens is 148 g/mol. The fraction of sp³-hybridized carbons (Fsp3) is 0. The average molecular weight is 152 g/mol. The lowest BCUT2D eigenvalue weighted by molar-refractivity contribution is -0.370. The molecule has 0 saturated heterocycles. The van der Waals surface area contributed by atoms with Crippen molar-refractivity contribution in [2.75, 3.05) is 0 Å². The SMILES string of the molecule is N#CN=C=[N-].c1csc[nH+]1. The maximum atomic E-state index is 7.43. The molecular formula is C5H4N4S. The fourth-order valence-electron chi connectivity index (χ4n) is 0.219. The minimum atomic E-state index is 1.28. The molecule has 4 nitrogen and oxygen atoms in total. The van der Waals surface area contributed by atoms with Crippen LogP contribution in [0.1, 0.15) is 0 Å². The fourth-order valence-corrected chi connectivity index (χ4v) is 0.612. The lowest BCUT2D eigenvalue weighted by atomic mass is 11.0. The van der Waals surface area contributed by atoms with Crippen molar-refractivity contribution in [3.05, 3.63) is 22.5 Å². The number of thiazole rings is 1. The number of aromatic amines is 1. The van der Waals surface area contributed by atoms with Crippen LogP contribution in [0, 0.1) is 11.5 Å². The van der Waals surface area contributed by atoms with E-state index in [9.17, 15) is 0 Å². The standard InChI is InChI=1S/C3H3NS.C2N3/c1-2-5-3-4-1;3-1-5-2-4/h1-3H;/q;-1/p+1. The summed E-state index contributed by atoms with van der Waals surface area (Å²) >= 11 is 1.66. The summed E-state index contributed by atoms with van der Waals surface area (Å²) in [5.74, 6) is 0. The third-order valence-electron chi connectivity index (χ3n) is 0.479. The van der Waals surface area contributed by atoms with Crippen molar-refractivity contribution in [3.8, 4) is 6.19 Å². The molecule has 0 amide bonds. The second kappa shape index (κ2) is 7.50. The van der Waals surface area contributed by atoms with Crippen LogP contribution in [0.25, 0.3) is 5.41 Å². The predicted octanol–water partition coefficient (Wildman–Crippen LogP) is 0.773. The first-order valence-electron chi connectivity index (χ1n) is 2.28. The van der Waals surface area contributed by atoms with Gasteiger partial charge in [0.15, 0.2) is 6.20 Å². The summed E-state index contributed by atoms with van der Waals surface area (Å²) in [4.78, 5) is 5.46. The first-order chi connectivity index (χ1) is 4.91. The monoisotopic (exact) mass is 152 g/mol. The highest BCUT2D eigenvalue weighted by molar-refractivity contribution is 7.07. The summed E-state index contributed by atoms with van der Waals surface area (Å²) in [6.07, 6.45) is 3.17. The van der Waals surface area contributed by atoms with E-state index in [-0.39, 0.29) is 0 Å². The Morgan fingerprint density at radius 3 is 2.60 bits per heavy atom. The molecule has 0 aliphatic rings. The smallest absolute Gasteiger partial charge is 0.222 e. The van der Waals surface area contributed by atoms with Crippen molar-refractivity contribution in [1.82, 2.24) is 0 Å². The minimum absolute atomic E-state index is 1.28. The molecule has 50 valence electrons. The van der Waals surface area contributed by atoms with Crippen LogP contribution in [0.4, 0.5) is 0 Å². The van der Waals surface area contributed by atoms with Crippen LogP contribution < -0.4 is 4.98 Å². The van der Waals surface area contributed by atoms with Crippen LogP contribution in [0.5, 0.6) is 0 Å². The van der Waals surface area contributed by atoms with Gasteiger partial charge in [0, 0.05) is 0 Å². The van der Waals surface area contributed by atoms with Gasteiger partial charge >= 0.3 is 0 Å². The molecule has 0 bridgehead atoms. The zero-order valence-electron chi connectivity index (χ0n) is 4.98. The molecule has 10 heavy (non-hydrogen) atoms. The largest absolute Gasteiger partial charge is 0.422 e. The van der Waals surface area contributed by atoms with Crippen molar-refractivity contribution in [2.45, 2.75) is 0 Å². The van der Waals surface area contributed by atoms with Gasteiger partial charge in [-0.25, -0.2) is 4.98 Å². The summed E-state index contributed by atoms with van der Waals surface area (Å²) in [6.45, 7) is 0. The third-order valence-corrected chi connectivity index (χ3v) is 1.04. The highest BCUT2D eigenvalue weighted by Crippen LogP contribution is 1.80. The van der Waals surface area contributed by atoms with Gasteiger partial charge in [0.05, 0.1) is 11.6 Å². The molecule has 0 fully saturated rings. The summed E-state index contributed by atoms with van der Waals surface area (Å²) in [5, 5.41) is 16.8. The van der Waals surface area contributed by atoms with Gasteiger partial charge in [0.2, 0.25) is 5.51 Å². The minimum Gasteiger partial charge on any atom is -0.422 e. The van der Waals surface area contributed by atoms with Crippen LogP contribution >= 0.6 is 11.3 Å². The molecule has 0 aromatic carbocycles. The van der Waals surface area contributed by atoms with E-state index < -0.39 is 0 Å². The van der Waals surface area contributed by atoms with Crippen molar-refractivity contribution in [2.24, 2.45) is 4.99 Å². The topological polar surface area (TPSA) is 72.6 Å². The molecule has 1 heterocycles. The molecule has 0 aliphatic carbocycles. The third kappa shape index (κ3) is 6.50. The number of hydrogen-bond donors (Lipinski definition) is 0. The van der Waals surface area contributed by atoms with Crippen LogP contribution in [0.3, 0.4) is 0 Å². The lowest BCUT2D eigenvalue weighted by Crippen LogP contribution is -1.86. The predicted molar refractivity (Wildman–Crippen MR) is 37.3 cm³/mol. The van der Waals surface area contributed by atoms with E-state index in [1.807, 2.05) is 17.1 Å². The second-order valence-electron chi connectivity index (χ2n) is 1.04. The number of nitrogens with zero attached hydrogens (tertiary/aromatic N) is 3. The Morgan fingerprint density at radius 2 is 2.50 bits per heavy atom. The van der Waals surface area contributed by atoms with E-state index >= 15 is 0 Å². The molecule has 0 atom stereocenters. The van der Waals surface area contributed by atoms with E-state index in [1.54, 1.807) is 11.3 Å². The van der Waals surface area contributed by atoms with Gasteiger partial charge in [-0.1, -0.05) is 11.3 Å². The number of nitriles is 1. The Kier molecular flexibility index (Phi) is 6.38. The quantitative estimate of drug-likeness (QED) is 0.399. The normalized spacial score (nSPS) is 5.90. The van der Waals surface area contributed by atoms with Crippen LogP contribution in [-0.4, -0.2) is 6.01 Å². The lowest BCUT2D eigenvalue weighted by Gasteiger charge is -1.56. The van der Waals surface area contributed by atoms with Gasteiger partial charge in [0.25, 0.3) is 0 Å². The van der Waals surface area contributed by atoms with Crippen molar-refractivity contribution in [1.29, 1.82) is 5.26 Å². The molecule has 0 aliphatic heterocycles. The van der Waals surface area contributed by atoms with E-state index in [2.05, 4.69) is 9.98 Å². The second-order valence-corrected chi connectivity index (χ2v) is 1.82. The molecule has 0 saturated carbocycles. The van der Waals surface area contributed by atoms with Gasteiger partial charge in [-0.05, 0) is 0 Å². The molecule has 0 spiro atoms. The van der Waals surface area contributed by atoms with Crippen LogP contribution in [0.15, 0.2) is 22.1 Å². The van der Waals surface area contributed by atoms with Crippen LogP contribution in [0.2, 0.25) is 0 Å². The molecule has 1 N–H and O–H groups in total. The Morgan fingerprint density at radius 1 is 1.70 bits per heavy atom. The molecule has 0 unspecified atom stereocenters. The number of aliphatic imine (C=N–C) groups is 1. The van der Waals surface area contributed by atoms with Crippen molar-refractivity contribution < 1.29 is 4.98 Å². The Balaban J connectivity index is 0.000000162. The Labute approximate surface area is 62.0 Å². The van der Waals surface area contributed by atoms with E-state index in [0.29, 0.717) is 0 Å². The molecule has 5 heteroatoms. The molecule has 0 radical (unpaired) electrons. The van der Waals surface area contributed by atoms with Crippen molar-refractivity contribution >= 4 is 17.3 Å². The highest BCUT2D eigenvalue weighted by atomic mass is 32.1. The molecule has 1 aromatic rings. The Hall–Kier alpha value is -1.50. The van der Waals surface area contributed by atoms with Gasteiger partial charge in [-0.3, -0.25) is 0 Å². The maximum absolute atomic E-state index is 7.43. The summed E-state index contributed by atoms with van der Waals surface area (Å²) in [5.41, 5.74) is 1.92. The van der Waals surface area contributed by atoms with E-state index in [1.165, 1.54) is 12.2 Å². The van der Waals surface area contributed by atoms with E-state index in [4.69, 9.17) is 10.7 Å². The first kappa shape index (κ1) is 8.50. The molecule has 1 rings (SSSR count). The first-order valence-corrected chi connectivity index (χ1v) is 3.22. The van der Waals surface area contributed by atoms with Gasteiger partial charge in [-0.2, -0.15) is 5.26 Å². The van der Waals surface area contributed by atoms with Crippen molar-refractivity contribution in [3.63, 3.8) is 0 Å². The van der Waals surface area contributed by atoms with Gasteiger partial charge < -0.3 is 10.4 Å². The Bertz CT molecular complexity index is 211. The van der Waals surface area contributed by atoms with Crippen LogP contribution in [-0.2, 0) is 0 Å². The number of hydrogen-bond acceptors (Lipinski definition) is 3. The number of rotatable bonds is 0.